The van der Waals surface area contributed by atoms with Crippen molar-refractivity contribution in [3.8, 4) is 5.75 Å². The Hall–Kier alpha value is -1.66. The second-order valence-electron chi connectivity index (χ2n) is 3.64. The SMILES string of the molecule is COCCN(CCO)C(=O)c1c(O)cccc1F. The van der Waals surface area contributed by atoms with Gasteiger partial charge in [-0.2, -0.15) is 0 Å². The van der Waals surface area contributed by atoms with Crippen LogP contribution < -0.4 is 0 Å². The summed E-state index contributed by atoms with van der Waals surface area (Å²) in [6.45, 7) is 0.283. The molecule has 0 aliphatic heterocycles. The van der Waals surface area contributed by atoms with Gasteiger partial charge in [-0.1, -0.05) is 6.07 Å². The molecule has 0 aliphatic rings. The highest BCUT2D eigenvalue weighted by molar-refractivity contribution is 5.97. The molecule has 0 aromatic heterocycles. The van der Waals surface area contributed by atoms with Crippen LogP contribution >= 0.6 is 0 Å². The third-order valence-corrected chi connectivity index (χ3v) is 2.43. The largest absolute Gasteiger partial charge is 0.507 e. The van der Waals surface area contributed by atoms with Crippen LogP contribution in [0.3, 0.4) is 0 Å². The van der Waals surface area contributed by atoms with E-state index in [2.05, 4.69) is 0 Å². The van der Waals surface area contributed by atoms with Crippen LogP contribution in [0.2, 0.25) is 0 Å². The van der Waals surface area contributed by atoms with Crippen molar-refractivity contribution in [1.82, 2.24) is 4.90 Å². The lowest BCUT2D eigenvalue weighted by molar-refractivity contribution is 0.0649. The number of aromatic hydroxyl groups is 1. The summed E-state index contributed by atoms with van der Waals surface area (Å²) in [5.41, 5.74) is -0.387. The summed E-state index contributed by atoms with van der Waals surface area (Å²) in [4.78, 5) is 13.3. The van der Waals surface area contributed by atoms with Gasteiger partial charge in [-0.15, -0.1) is 0 Å². The third kappa shape index (κ3) is 3.41. The summed E-state index contributed by atoms with van der Waals surface area (Å²) >= 11 is 0. The number of phenolic OH excluding ortho intramolecular Hbond substituents is 1. The predicted molar refractivity (Wildman–Crippen MR) is 62.9 cm³/mol. The van der Waals surface area contributed by atoms with Crippen LogP contribution in [0.15, 0.2) is 18.2 Å². The van der Waals surface area contributed by atoms with Gasteiger partial charge in [0.25, 0.3) is 5.91 Å². The second kappa shape index (κ2) is 6.93. The minimum atomic E-state index is -0.791. The van der Waals surface area contributed by atoms with Crippen molar-refractivity contribution in [2.24, 2.45) is 0 Å². The summed E-state index contributed by atoms with van der Waals surface area (Å²) < 4.78 is 18.4. The second-order valence-corrected chi connectivity index (χ2v) is 3.64. The maximum absolute atomic E-state index is 13.5. The van der Waals surface area contributed by atoms with Gasteiger partial charge in [-0.3, -0.25) is 4.79 Å². The summed E-state index contributed by atoms with van der Waals surface area (Å²) in [5.74, 6) is -1.88. The number of phenols is 1. The number of aliphatic hydroxyl groups is 1. The van der Waals surface area contributed by atoms with Crippen LogP contribution in [0.25, 0.3) is 0 Å². The molecule has 5 nitrogen and oxygen atoms in total. The monoisotopic (exact) mass is 257 g/mol. The number of carbonyl (C=O) groups excluding carboxylic acids is 1. The van der Waals surface area contributed by atoms with Gasteiger partial charge in [0, 0.05) is 20.2 Å². The predicted octanol–water partition coefficient (Wildman–Crippen LogP) is 0.612. The molecule has 0 unspecified atom stereocenters. The highest BCUT2D eigenvalue weighted by atomic mass is 19.1. The Morgan fingerprint density at radius 1 is 1.44 bits per heavy atom. The Morgan fingerprint density at radius 2 is 2.17 bits per heavy atom. The number of benzene rings is 1. The minimum absolute atomic E-state index is 0.0516. The topological polar surface area (TPSA) is 70.0 Å². The van der Waals surface area contributed by atoms with Crippen LogP contribution in [0, 0.1) is 5.82 Å². The number of methoxy groups -OCH3 is 1. The molecule has 1 aromatic carbocycles. The maximum atomic E-state index is 13.5. The van der Waals surface area contributed by atoms with E-state index in [1.807, 2.05) is 0 Å². The highest BCUT2D eigenvalue weighted by Crippen LogP contribution is 2.21. The Kier molecular flexibility index (Phi) is 5.54. The normalized spacial score (nSPS) is 10.4. The minimum Gasteiger partial charge on any atom is -0.507 e. The third-order valence-electron chi connectivity index (χ3n) is 2.43. The molecule has 0 heterocycles. The lowest BCUT2D eigenvalue weighted by atomic mass is 10.1. The number of amides is 1. The molecule has 1 amide bonds. The van der Waals surface area contributed by atoms with E-state index >= 15 is 0 Å². The van der Waals surface area contributed by atoms with Crippen LogP contribution in [0.4, 0.5) is 4.39 Å². The molecule has 0 aliphatic carbocycles. The van der Waals surface area contributed by atoms with Gasteiger partial charge in [0.1, 0.15) is 17.1 Å². The Morgan fingerprint density at radius 3 is 2.72 bits per heavy atom. The summed E-state index contributed by atoms with van der Waals surface area (Å²) in [6.07, 6.45) is 0. The molecular formula is C12H16FNO4. The van der Waals surface area contributed by atoms with Gasteiger partial charge in [-0.25, -0.2) is 4.39 Å². The number of carbonyl (C=O) groups is 1. The van der Waals surface area contributed by atoms with E-state index in [0.717, 1.165) is 6.07 Å². The molecule has 0 bridgehead atoms. The fourth-order valence-electron chi connectivity index (χ4n) is 1.52. The number of nitrogens with zero attached hydrogens (tertiary/aromatic N) is 1. The van der Waals surface area contributed by atoms with Gasteiger partial charge in [0.15, 0.2) is 0 Å². The van der Waals surface area contributed by atoms with Crippen molar-refractivity contribution >= 4 is 5.91 Å². The number of aliphatic hydroxyl groups excluding tert-OH is 1. The van der Waals surface area contributed by atoms with Gasteiger partial charge in [0.2, 0.25) is 0 Å². The molecule has 2 N–H and O–H groups in total. The van der Waals surface area contributed by atoms with Gasteiger partial charge in [-0.05, 0) is 12.1 Å². The number of hydrogen-bond donors (Lipinski definition) is 2. The molecule has 0 fully saturated rings. The molecule has 6 heteroatoms. The fraction of sp³-hybridized carbons (Fsp3) is 0.417. The molecule has 1 rings (SSSR count). The van der Waals surface area contributed by atoms with Crippen molar-refractivity contribution in [3.63, 3.8) is 0 Å². The van der Waals surface area contributed by atoms with Crippen LogP contribution in [-0.4, -0.2) is 54.4 Å². The van der Waals surface area contributed by atoms with Gasteiger partial charge >= 0.3 is 0 Å². The molecule has 0 spiro atoms. The molecule has 0 radical (unpaired) electrons. The van der Waals surface area contributed by atoms with E-state index in [1.165, 1.54) is 24.1 Å². The standard InChI is InChI=1S/C12H16FNO4/c1-18-8-6-14(5-7-15)12(17)11-9(13)3-2-4-10(11)16/h2-4,15-16H,5-8H2,1H3. The lowest BCUT2D eigenvalue weighted by Gasteiger charge is -2.22. The number of ether oxygens (including phenoxy) is 1. The molecule has 1 aromatic rings. The first-order valence-corrected chi connectivity index (χ1v) is 5.48. The van der Waals surface area contributed by atoms with Gasteiger partial charge < -0.3 is 19.8 Å². The molecule has 0 atom stereocenters. The molecular weight excluding hydrogens is 241 g/mol. The average Bonchev–Trinajstić information content (AvgIpc) is 2.34. The fourth-order valence-corrected chi connectivity index (χ4v) is 1.52. The van der Waals surface area contributed by atoms with Crippen LogP contribution in [-0.2, 0) is 4.74 Å². The van der Waals surface area contributed by atoms with E-state index in [1.54, 1.807) is 0 Å². The average molecular weight is 257 g/mol. The van der Waals surface area contributed by atoms with Crippen molar-refractivity contribution < 1.29 is 24.1 Å². The van der Waals surface area contributed by atoms with E-state index in [4.69, 9.17) is 9.84 Å². The molecule has 18 heavy (non-hydrogen) atoms. The summed E-state index contributed by atoms with van der Waals surface area (Å²) in [5, 5.41) is 18.4. The Labute approximate surface area is 104 Å². The highest BCUT2D eigenvalue weighted by Gasteiger charge is 2.22. The zero-order chi connectivity index (χ0) is 13.5. The Bertz CT molecular complexity index is 391. The Balaban J connectivity index is 2.94. The van der Waals surface area contributed by atoms with Gasteiger partial charge in [0.05, 0.1) is 13.2 Å². The molecule has 0 saturated carbocycles. The van der Waals surface area contributed by atoms with Crippen molar-refractivity contribution in [2.45, 2.75) is 0 Å². The number of halogens is 1. The first-order chi connectivity index (χ1) is 8.61. The van der Waals surface area contributed by atoms with Crippen molar-refractivity contribution in [3.05, 3.63) is 29.6 Å². The van der Waals surface area contributed by atoms with E-state index in [9.17, 15) is 14.3 Å². The number of rotatable bonds is 6. The zero-order valence-electron chi connectivity index (χ0n) is 10.1. The van der Waals surface area contributed by atoms with E-state index < -0.39 is 17.5 Å². The van der Waals surface area contributed by atoms with E-state index in [-0.39, 0.29) is 31.9 Å². The quantitative estimate of drug-likeness (QED) is 0.783. The summed E-state index contributed by atoms with van der Waals surface area (Å²) in [7, 11) is 1.47. The maximum Gasteiger partial charge on any atom is 0.260 e. The molecule has 100 valence electrons. The van der Waals surface area contributed by atoms with Crippen LogP contribution in [0.1, 0.15) is 10.4 Å². The first kappa shape index (κ1) is 14.4. The van der Waals surface area contributed by atoms with Crippen molar-refractivity contribution in [2.75, 3.05) is 33.4 Å². The molecule has 0 saturated heterocycles. The van der Waals surface area contributed by atoms with E-state index in [0.29, 0.717) is 0 Å². The van der Waals surface area contributed by atoms with Crippen molar-refractivity contribution in [1.29, 1.82) is 0 Å². The first-order valence-electron chi connectivity index (χ1n) is 5.48. The van der Waals surface area contributed by atoms with Crippen LogP contribution in [0.5, 0.6) is 5.75 Å². The summed E-state index contributed by atoms with van der Waals surface area (Å²) in [6, 6.07) is 3.65. The number of hydrogen-bond acceptors (Lipinski definition) is 4. The zero-order valence-corrected chi connectivity index (χ0v) is 10.1. The lowest BCUT2D eigenvalue weighted by Crippen LogP contribution is -2.36. The smallest absolute Gasteiger partial charge is 0.260 e.